The number of anilines is 1. The molecule has 0 saturated carbocycles. The third kappa shape index (κ3) is 3.58. The van der Waals surface area contributed by atoms with Crippen LogP contribution in [-0.4, -0.2) is 37.6 Å². The Balaban J connectivity index is 1.89. The van der Waals surface area contributed by atoms with E-state index in [1.807, 2.05) is 10.8 Å². The molecule has 2 heterocycles. The average molecular weight is 298 g/mol. The highest BCUT2D eigenvalue weighted by atomic mass is 35.5. The quantitative estimate of drug-likeness (QED) is 0.731. The zero-order valence-corrected chi connectivity index (χ0v) is 11.6. The highest BCUT2D eigenvalue weighted by Gasteiger charge is 2.08. The number of aliphatic hydroxyl groups excluding tert-OH is 1. The van der Waals surface area contributed by atoms with E-state index in [2.05, 4.69) is 15.4 Å². The van der Waals surface area contributed by atoms with Crippen LogP contribution in [0.2, 0.25) is 5.02 Å². The van der Waals surface area contributed by atoms with Gasteiger partial charge in [-0.3, -0.25) is 4.79 Å². The molecule has 0 aromatic carbocycles. The lowest BCUT2D eigenvalue weighted by Gasteiger charge is -2.09. The fourth-order valence-electron chi connectivity index (χ4n) is 1.75. The molecular formula is C12H16ClN5O2. The molecule has 0 spiro atoms. The largest absolute Gasteiger partial charge is 0.394 e. The van der Waals surface area contributed by atoms with E-state index >= 15 is 0 Å². The van der Waals surface area contributed by atoms with Gasteiger partial charge in [0.25, 0.3) is 5.56 Å². The predicted octanol–water partition coefficient (Wildman–Crippen LogP) is 0.588. The summed E-state index contributed by atoms with van der Waals surface area (Å²) in [5, 5.41) is 15.9. The summed E-state index contributed by atoms with van der Waals surface area (Å²) in [6.07, 6.45) is 7.74. The van der Waals surface area contributed by atoms with Crippen LogP contribution < -0.4 is 10.9 Å². The Morgan fingerprint density at radius 3 is 2.95 bits per heavy atom. The van der Waals surface area contributed by atoms with Crippen LogP contribution in [-0.2, 0) is 13.1 Å². The summed E-state index contributed by atoms with van der Waals surface area (Å²) in [5.74, 6) is 0. The zero-order chi connectivity index (χ0) is 14.4. The fourth-order valence-corrected chi connectivity index (χ4v) is 1.96. The molecule has 0 radical (unpaired) electrons. The number of aromatic nitrogens is 4. The van der Waals surface area contributed by atoms with Gasteiger partial charge in [-0.25, -0.2) is 9.67 Å². The number of nitrogens with one attached hydrogen (secondary N) is 1. The summed E-state index contributed by atoms with van der Waals surface area (Å²) in [7, 11) is 0. The number of aryl methyl sites for hydroxylation is 1. The van der Waals surface area contributed by atoms with Crippen molar-refractivity contribution in [3.63, 3.8) is 0 Å². The molecule has 0 bridgehead atoms. The molecular weight excluding hydrogens is 282 g/mol. The first-order valence-electron chi connectivity index (χ1n) is 6.28. The SMILES string of the molecule is O=c1c(Cl)c(NCCCn2ccnc2)cnn1CCO. The number of rotatable bonds is 7. The van der Waals surface area contributed by atoms with Gasteiger partial charge in [0, 0.05) is 25.5 Å². The molecule has 0 atom stereocenters. The maximum Gasteiger partial charge on any atom is 0.287 e. The van der Waals surface area contributed by atoms with Crippen molar-refractivity contribution in [2.45, 2.75) is 19.5 Å². The molecule has 0 aliphatic carbocycles. The van der Waals surface area contributed by atoms with Gasteiger partial charge >= 0.3 is 0 Å². The van der Waals surface area contributed by atoms with Crippen molar-refractivity contribution in [3.8, 4) is 0 Å². The average Bonchev–Trinajstić information content (AvgIpc) is 2.95. The van der Waals surface area contributed by atoms with Crippen LogP contribution >= 0.6 is 11.6 Å². The molecule has 2 N–H and O–H groups in total. The molecule has 0 saturated heterocycles. The third-order valence-corrected chi connectivity index (χ3v) is 3.13. The minimum absolute atomic E-state index is 0.0936. The summed E-state index contributed by atoms with van der Waals surface area (Å²) < 4.78 is 3.11. The second kappa shape index (κ2) is 7.06. The first kappa shape index (κ1) is 14.5. The summed E-state index contributed by atoms with van der Waals surface area (Å²) in [5.41, 5.74) is 0.108. The second-order valence-corrected chi connectivity index (χ2v) is 4.58. The molecule has 20 heavy (non-hydrogen) atoms. The summed E-state index contributed by atoms with van der Waals surface area (Å²) >= 11 is 5.98. The van der Waals surface area contributed by atoms with Gasteiger partial charge in [0.1, 0.15) is 5.02 Å². The normalized spacial score (nSPS) is 10.7. The molecule has 108 valence electrons. The Bertz CT molecular complexity index is 596. The lowest BCUT2D eigenvalue weighted by molar-refractivity contribution is 0.266. The van der Waals surface area contributed by atoms with E-state index in [0.717, 1.165) is 17.6 Å². The Morgan fingerprint density at radius 1 is 1.40 bits per heavy atom. The summed E-state index contributed by atoms with van der Waals surface area (Å²) in [6.45, 7) is 1.49. The maximum absolute atomic E-state index is 11.8. The fraction of sp³-hybridized carbons (Fsp3) is 0.417. The standard InChI is InChI=1S/C12H16ClN5O2/c13-11-10(8-16-18(6-7-19)12(11)20)15-2-1-4-17-5-3-14-9-17/h3,5,8-9,15,19H,1-2,4,6-7H2. The molecule has 7 nitrogen and oxygen atoms in total. The van der Waals surface area contributed by atoms with Gasteiger partial charge in [-0.05, 0) is 6.42 Å². The molecule has 0 unspecified atom stereocenters. The van der Waals surface area contributed by atoms with Crippen molar-refractivity contribution in [2.24, 2.45) is 0 Å². The molecule has 2 aromatic rings. The van der Waals surface area contributed by atoms with E-state index in [9.17, 15) is 4.79 Å². The molecule has 8 heteroatoms. The van der Waals surface area contributed by atoms with E-state index in [4.69, 9.17) is 16.7 Å². The van der Waals surface area contributed by atoms with Crippen LogP contribution in [0.5, 0.6) is 0 Å². The summed E-state index contributed by atoms with van der Waals surface area (Å²) in [6, 6.07) is 0. The molecule has 0 aliphatic rings. The van der Waals surface area contributed by atoms with Gasteiger partial charge < -0.3 is 15.0 Å². The minimum Gasteiger partial charge on any atom is -0.394 e. The van der Waals surface area contributed by atoms with Crippen molar-refractivity contribution in [2.75, 3.05) is 18.5 Å². The predicted molar refractivity (Wildman–Crippen MR) is 75.9 cm³/mol. The van der Waals surface area contributed by atoms with Gasteiger partial charge in [-0.15, -0.1) is 0 Å². The number of aliphatic hydroxyl groups is 1. The first-order valence-corrected chi connectivity index (χ1v) is 6.66. The van der Waals surface area contributed by atoms with E-state index < -0.39 is 5.56 Å². The van der Waals surface area contributed by atoms with Crippen molar-refractivity contribution in [1.82, 2.24) is 19.3 Å². The van der Waals surface area contributed by atoms with E-state index in [1.54, 1.807) is 12.5 Å². The van der Waals surface area contributed by atoms with Crippen LogP contribution in [0.15, 0.2) is 29.7 Å². The van der Waals surface area contributed by atoms with Crippen molar-refractivity contribution in [3.05, 3.63) is 40.3 Å². The van der Waals surface area contributed by atoms with Crippen molar-refractivity contribution in [1.29, 1.82) is 0 Å². The van der Waals surface area contributed by atoms with Crippen molar-refractivity contribution < 1.29 is 5.11 Å². The smallest absolute Gasteiger partial charge is 0.287 e. The zero-order valence-electron chi connectivity index (χ0n) is 10.9. The Hall–Kier alpha value is -1.86. The lowest BCUT2D eigenvalue weighted by atomic mass is 10.4. The van der Waals surface area contributed by atoms with Crippen LogP contribution in [0.3, 0.4) is 0 Å². The third-order valence-electron chi connectivity index (χ3n) is 2.76. The second-order valence-electron chi connectivity index (χ2n) is 4.20. The van der Waals surface area contributed by atoms with Crippen LogP contribution in [0.1, 0.15) is 6.42 Å². The Labute approximate surface area is 120 Å². The maximum atomic E-state index is 11.8. The lowest BCUT2D eigenvalue weighted by Crippen LogP contribution is -2.25. The highest BCUT2D eigenvalue weighted by molar-refractivity contribution is 6.32. The number of hydrogen-bond acceptors (Lipinski definition) is 5. The number of nitrogens with zero attached hydrogens (tertiary/aromatic N) is 4. The van der Waals surface area contributed by atoms with E-state index in [-0.39, 0.29) is 18.2 Å². The monoisotopic (exact) mass is 297 g/mol. The van der Waals surface area contributed by atoms with E-state index in [0.29, 0.717) is 12.2 Å². The van der Waals surface area contributed by atoms with Crippen LogP contribution in [0, 0.1) is 0 Å². The number of hydrogen-bond donors (Lipinski definition) is 2. The van der Waals surface area contributed by atoms with Gasteiger partial charge in [-0.1, -0.05) is 11.6 Å². The van der Waals surface area contributed by atoms with E-state index in [1.165, 1.54) is 6.20 Å². The Morgan fingerprint density at radius 2 is 2.25 bits per heavy atom. The van der Waals surface area contributed by atoms with Crippen LogP contribution in [0.4, 0.5) is 5.69 Å². The highest BCUT2D eigenvalue weighted by Crippen LogP contribution is 2.14. The molecule has 0 amide bonds. The molecule has 2 aromatic heterocycles. The number of imidazole rings is 1. The molecule has 0 fully saturated rings. The molecule has 2 rings (SSSR count). The van der Waals surface area contributed by atoms with Crippen LogP contribution in [0.25, 0.3) is 0 Å². The summed E-state index contributed by atoms with van der Waals surface area (Å²) in [4.78, 5) is 15.8. The van der Waals surface area contributed by atoms with Crippen molar-refractivity contribution >= 4 is 17.3 Å². The number of halogens is 1. The van der Waals surface area contributed by atoms with Gasteiger partial charge in [0.05, 0.1) is 31.4 Å². The van der Waals surface area contributed by atoms with Gasteiger partial charge in [-0.2, -0.15) is 5.10 Å². The topological polar surface area (TPSA) is 85.0 Å². The first-order chi connectivity index (χ1) is 9.72. The van der Waals surface area contributed by atoms with Gasteiger partial charge in [0.15, 0.2) is 0 Å². The minimum atomic E-state index is -0.402. The molecule has 0 aliphatic heterocycles. The van der Waals surface area contributed by atoms with Gasteiger partial charge in [0.2, 0.25) is 0 Å². The Kier molecular flexibility index (Phi) is 5.14.